The van der Waals surface area contributed by atoms with E-state index < -0.39 is 0 Å². The van der Waals surface area contributed by atoms with Gasteiger partial charge in [0, 0.05) is 24.2 Å². The van der Waals surface area contributed by atoms with E-state index in [-0.39, 0.29) is 11.8 Å². The van der Waals surface area contributed by atoms with Crippen molar-refractivity contribution in [3.63, 3.8) is 0 Å². The van der Waals surface area contributed by atoms with Gasteiger partial charge in [0.25, 0.3) is 11.8 Å². The molecular weight excluding hydrogens is 448 g/mol. The van der Waals surface area contributed by atoms with E-state index in [1.165, 1.54) is 0 Å². The fourth-order valence-corrected chi connectivity index (χ4v) is 4.15. The molecule has 0 unspecified atom stereocenters. The third kappa shape index (κ3) is 5.14. The van der Waals surface area contributed by atoms with Crippen LogP contribution in [0.25, 0.3) is 21.3 Å². The number of hydrogen-bond donors (Lipinski definition) is 2. The first-order chi connectivity index (χ1) is 15.7. The number of rotatable bonds is 6. The summed E-state index contributed by atoms with van der Waals surface area (Å²) >= 11 is 3.12. The number of thiophene rings is 2. The lowest BCUT2D eigenvalue weighted by molar-refractivity contribution is 0.0933. The van der Waals surface area contributed by atoms with Gasteiger partial charge in [-0.2, -0.15) is 0 Å². The van der Waals surface area contributed by atoms with Gasteiger partial charge in [-0.05, 0) is 48.6 Å². The highest BCUT2D eigenvalue weighted by atomic mass is 32.1. The van der Waals surface area contributed by atoms with Gasteiger partial charge in [-0.15, -0.1) is 22.7 Å². The van der Waals surface area contributed by atoms with Crippen LogP contribution in [-0.4, -0.2) is 34.2 Å². The maximum Gasteiger partial charge on any atom is 0.273 e. The van der Waals surface area contributed by atoms with E-state index in [2.05, 4.69) is 20.9 Å². The van der Waals surface area contributed by atoms with Crippen molar-refractivity contribution < 1.29 is 18.6 Å². The Morgan fingerprint density at radius 1 is 0.781 bits per heavy atom. The summed E-state index contributed by atoms with van der Waals surface area (Å²) in [7, 11) is 0. The van der Waals surface area contributed by atoms with Crippen LogP contribution in [0.15, 0.2) is 56.2 Å². The molecule has 2 N–H and O–H groups in total. The highest BCUT2D eigenvalue weighted by molar-refractivity contribution is 7.13. The van der Waals surface area contributed by atoms with Crippen LogP contribution in [0.5, 0.6) is 0 Å². The van der Waals surface area contributed by atoms with E-state index in [4.69, 9.17) is 9.05 Å². The second kappa shape index (κ2) is 9.09. The van der Waals surface area contributed by atoms with Crippen LogP contribution >= 0.6 is 22.7 Å². The maximum absolute atomic E-state index is 11.6. The van der Waals surface area contributed by atoms with Crippen molar-refractivity contribution in [2.24, 2.45) is 0 Å². The van der Waals surface area contributed by atoms with Crippen molar-refractivity contribution in [1.82, 2.24) is 20.9 Å². The number of amides is 2. The summed E-state index contributed by atoms with van der Waals surface area (Å²) < 4.78 is 10.3. The van der Waals surface area contributed by atoms with Crippen LogP contribution in [0, 0.1) is 0 Å². The Labute approximate surface area is 191 Å². The van der Waals surface area contributed by atoms with E-state index in [0.717, 1.165) is 35.4 Å². The monoisotopic (exact) mass is 468 g/mol. The normalized spacial score (nSPS) is 15.0. The Balaban J connectivity index is 0.000000135. The molecule has 2 aliphatic carbocycles. The molecule has 8 nitrogen and oxygen atoms in total. The molecular formula is C22H20N4O4S2. The van der Waals surface area contributed by atoms with Crippen molar-refractivity contribution in [1.29, 1.82) is 0 Å². The molecule has 0 aliphatic heterocycles. The third-order valence-electron chi connectivity index (χ3n) is 4.84. The Hall–Kier alpha value is -3.24. The number of nitrogens with zero attached hydrogens (tertiary/aromatic N) is 2. The van der Waals surface area contributed by atoms with Gasteiger partial charge < -0.3 is 19.7 Å². The van der Waals surface area contributed by atoms with E-state index in [1.807, 2.05) is 35.0 Å². The van der Waals surface area contributed by atoms with Gasteiger partial charge in [0.1, 0.15) is 0 Å². The Bertz CT molecular complexity index is 1090. The summed E-state index contributed by atoms with van der Waals surface area (Å²) in [6.45, 7) is 0. The first-order valence-electron chi connectivity index (χ1n) is 10.3. The number of carbonyl (C=O) groups excluding carboxylic acids is 2. The summed E-state index contributed by atoms with van der Waals surface area (Å²) in [6, 6.07) is 11.8. The summed E-state index contributed by atoms with van der Waals surface area (Å²) in [5.74, 6) is 1.01. The zero-order valence-electron chi connectivity index (χ0n) is 16.9. The van der Waals surface area contributed by atoms with Gasteiger partial charge in [-0.25, -0.2) is 0 Å². The fourth-order valence-electron chi connectivity index (χ4n) is 2.81. The van der Waals surface area contributed by atoms with Crippen LogP contribution in [0.1, 0.15) is 46.7 Å². The molecule has 164 valence electrons. The topological polar surface area (TPSA) is 110 Å². The lowest BCUT2D eigenvalue weighted by atomic mass is 10.3. The first-order valence-corrected chi connectivity index (χ1v) is 12.0. The molecule has 2 aliphatic rings. The largest absolute Gasteiger partial charge is 0.355 e. The van der Waals surface area contributed by atoms with E-state index in [9.17, 15) is 9.59 Å². The minimum Gasteiger partial charge on any atom is -0.355 e. The van der Waals surface area contributed by atoms with Crippen LogP contribution in [0.4, 0.5) is 0 Å². The lowest BCUT2D eigenvalue weighted by Gasteiger charge is -1.96. The standard InChI is InChI=1S/2C11H10N2O2S/c2*14-11(12-7-3-4-7)8-6-9(15-13-8)10-2-1-5-16-10/h2*1-2,5-7H,3-4H2,(H,12,14). The van der Waals surface area contributed by atoms with Gasteiger partial charge in [-0.3, -0.25) is 9.59 Å². The summed E-state index contributed by atoms with van der Waals surface area (Å²) in [5.41, 5.74) is 0.714. The van der Waals surface area contributed by atoms with Gasteiger partial charge in [0.2, 0.25) is 0 Å². The summed E-state index contributed by atoms with van der Waals surface area (Å²) in [5, 5.41) is 17.2. The molecule has 2 fully saturated rings. The molecule has 2 saturated carbocycles. The van der Waals surface area contributed by atoms with E-state index >= 15 is 0 Å². The van der Waals surface area contributed by atoms with Crippen LogP contribution in [0.2, 0.25) is 0 Å². The van der Waals surface area contributed by atoms with Crippen molar-refractivity contribution in [2.45, 2.75) is 37.8 Å². The number of aromatic nitrogens is 2. The van der Waals surface area contributed by atoms with Gasteiger partial charge in [0.05, 0.1) is 9.75 Å². The second-order valence-electron chi connectivity index (χ2n) is 7.60. The molecule has 0 bridgehead atoms. The molecule has 2 amide bonds. The Morgan fingerprint density at radius 2 is 1.22 bits per heavy atom. The molecule has 10 heteroatoms. The third-order valence-corrected chi connectivity index (χ3v) is 6.61. The van der Waals surface area contributed by atoms with Crippen LogP contribution in [-0.2, 0) is 0 Å². The minimum atomic E-state index is -0.144. The highest BCUT2D eigenvalue weighted by Crippen LogP contribution is 2.27. The fraction of sp³-hybridized carbons (Fsp3) is 0.273. The van der Waals surface area contributed by atoms with E-state index in [1.54, 1.807) is 34.8 Å². The van der Waals surface area contributed by atoms with Crippen molar-refractivity contribution in [3.8, 4) is 21.3 Å². The molecule has 4 aromatic heterocycles. The summed E-state index contributed by atoms with van der Waals surface area (Å²) in [4.78, 5) is 25.3. The quantitative estimate of drug-likeness (QED) is 0.428. The zero-order chi connectivity index (χ0) is 21.9. The molecule has 32 heavy (non-hydrogen) atoms. The molecule has 4 heterocycles. The zero-order valence-corrected chi connectivity index (χ0v) is 18.6. The average Bonchev–Trinajstić information content (AvgIpc) is 3.47. The molecule has 0 aromatic carbocycles. The van der Waals surface area contributed by atoms with E-state index in [0.29, 0.717) is 35.0 Å². The maximum atomic E-state index is 11.6. The molecule has 0 atom stereocenters. The van der Waals surface area contributed by atoms with Crippen molar-refractivity contribution in [3.05, 3.63) is 58.5 Å². The van der Waals surface area contributed by atoms with Crippen molar-refractivity contribution >= 4 is 34.5 Å². The van der Waals surface area contributed by atoms with Gasteiger partial charge in [0.15, 0.2) is 22.9 Å². The number of nitrogens with one attached hydrogen (secondary N) is 2. The lowest BCUT2D eigenvalue weighted by Crippen LogP contribution is -2.25. The van der Waals surface area contributed by atoms with Gasteiger partial charge in [-0.1, -0.05) is 22.4 Å². The Morgan fingerprint density at radius 3 is 1.56 bits per heavy atom. The van der Waals surface area contributed by atoms with Gasteiger partial charge >= 0.3 is 0 Å². The first kappa shape index (κ1) is 20.7. The molecule has 0 saturated heterocycles. The molecule has 4 aromatic rings. The van der Waals surface area contributed by atoms with Crippen LogP contribution < -0.4 is 10.6 Å². The van der Waals surface area contributed by atoms with Crippen LogP contribution in [0.3, 0.4) is 0 Å². The molecule has 6 rings (SSSR count). The SMILES string of the molecule is O=C(NC1CC1)c1cc(-c2cccs2)on1.O=C(NC1CC1)c1cc(-c2cccs2)on1. The highest BCUT2D eigenvalue weighted by Gasteiger charge is 2.26. The predicted molar refractivity (Wildman–Crippen MR) is 121 cm³/mol. The summed E-state index contributed by atoms with van der Waals surface area (Å²) in [6.07, 6.45) is 4.28. The second-order valence-corrected chi connectivity index (χ2v) is 9.50. The number of hydrogen-bond acceptors (Lipinski definition) is 8. The Kier molecular flexibility index (Phi) is 5.87. The van der Waals surface area contributed by atoms with Crippen molar-refractivity contribution in [2.75, 3.05) is 0 Å². The average molecular weight is 469 g/mol. The molecule has 0 spiro atoms. The number of carbonyl (C=O) groups is 2. The predicted octanol–water partition coefficient (Wildman–Crippen LogP) is 4.59. The smallest absolute Gasteiger partial charge is 0.273 e. The molecule has 0 radical (unpaired) electrons. The minimum absolute atomic E-state index is 0.144.